The first-order chi connectivity index (χ1) is 8.50. The zero-order chi connectivity index (χ0) is 13.2. The van der Waals surface area contributed by atoms with Gasteiger partial charge in [0.05, 0.1) is 22.0 Å². The molecule has 0 aliphatic rings. The Labute approximate surface area is 105 Å². The molecule has 0 fully saturated rings. The van der Waals surface area contributed by atoms with Crippen LogP contribution in [0.4, 0.5) is 17.1 Å². The average molecular weight is 263 g/mol. The Kier molecular flexibility index (Phi) is 3.12. The van der Waals surface area contributed by atoms with Crippen LogP contribution in [0.1, 0.15) is 0 Å². The third kappa shape index (κ3) is 2.38. The van der Waals surface area contributed by atoms with Gasteiger partial charge in [-0.3, -0.25) is 4.72 Å². The van der Waals surface area contributed by atoms with Crippen molar-refractivity contribution in [3.8, 4) is 0 Å². The highest BCUT2D eigenvalue weighted by atomic mass is 32.2. The standard InChI is InChI=1S/C12H13N3O2S/c13-10-7-4-8-11(14)12(10)15-18(16,17)9-5-2-1-3-6-9/h1-8,15H,13-14H2. The van der Waals surface area contributed by atoms with E-state index in [9.17, 15) is 8.42 Å². The van der Waals surface area contributed by atoms with Gasteiger partial charge in [0.15, 0.2) is 0 Å². The Balaban J connectivity index is 2.41. The fourth-order valence-electron chi connectivity index (χ4n) is 1.50. The van der Waals surface area contributed by atoms with Crippen LogP contribution in [0.5, 0.6) is 0 Å². The molecule has 0 saturated carbocycles. The van der Waals surface area contributed by atoms with E-state index < -0.39 is 10.0 Å². The molecule has 0 atom stereocenters. The smallest absolute Gasteiger partial charge is 0.262 e. The maximum absolute atomic E-state index is 12.1. The van der Waals surface area contributed by atoms with E-state index in [-0.39, 0.29) is 22.0 Å². The lowest BCUT2D eigenvalue weighted by Gasteiger charge is -2.12. The summed E-state index contributed by atoms with van der Waals surface area (Å²) in [6.07, 6.45) is 0. The number of hydrogen-bond donors (Lipinski definition) is 3. The largest absolute Gasteiger partial charge is 0.397 e. The van der Waals surface area contributed by atoms with E-state index in [4.69, 9.17) is 11.5 Å². The van der Waals surface area contributed by atoms with Crippen molar-refractivity contribution in [2.75, 3.05) is 16.2 Å². The van der Waals surface area contributed by atoms with Crippen LogP contribution in [0, 0.1) is 0 Å². The van der Waals surface area contributed by atoms with Gasteiger partial charge < -0.3 is 11.5 Å². The summed E-state index contributed by atoms with van der Waals surface area (Å²) in [5, 5.41) is 0. The van der Waals surface area contributed by atoms with E-state index in [0.717, 1.165) is 0 Å². The number of hydrogen-bond acceptors (Lipinski definition) is 4. The van der Waals surface area contributed by atoms with Gasteiger partial charge in [-0.2, -0.15) is 0 Å². The first-order valence-corrected chi connectivity index (χ1v) is 6.71. The second-order valence-corrected chi connectivity index (χ2v) is 5.41. The van der Waals surface area contributed by atoms with E-state index in [1.165, 1.54) is 12.1 Å². The highest BCUT2D eigenvalue weighted by Crippen LogP contribution is 2.28. The summed E-state index contributed by atoms with van der Waals surface area (Å²) in [6.45, 7) is 0. The second kappa shape index (κ2) is 4.58. The van der Waals surface area contributed by atoms with Crippen LogP contribution >= 0.6 is 0 Å². The molecule has 0 unspecified atom stereocenters. The summed E-state index contributed by atoms with van der Waals surface area (Å²) in [5.41, 5.74) is 12.2. The van der Waals surface area contributed by atoms with Gasteiger partial charge in [-0.1, -0.05) is 24.3 Å². The van der Waals surface area contributed by atoms with Crippen LogP contribution in [0.3, 0.4) is 0 Å². The lowest BCUT2D eigenvalue weighted by atomic mass is 10.2. The molecule has 0 saturated heterocycles. The average Bonchev–Trinajstić information content (AvgIpc) is 2.35. The number of benzene rings is 2. The topological polar surface area (TPSA) is 98.2 Å². The van der Waals surface area contributed by atoms with E-state index >= 15 is 0 Å². The fraction of sp³-hybridized carbons (Fsp3) is 0. The molecule has 0 aromatic heterocycles. The molecular weight excluding hydrogens is 250 g/mol. The molecule has 0 aliphatic carbocycles. The minimum Gasteiger partial charge on any atom is -0.397 e. The lowest BCUT2D eigenvalue weighted by Crippen LogP contribution is -2.15. The SMILES string of the molecule is Nc1cccc(N)c1NS(=O)(=O)c1ccccc1. The number of rotatable bonds is 3. The molecule has 94 valence electrons. The molecule has 2 rings (SSSR count). The highest BCUT2D eigenvalue weighted by Gasteiger charge is 2.16. The Bertz CT molecular complexity index is 634. The fourth-order valence-corrected chi connectivity index (χ4v) is 2.64. The number of nitrogens with two attached hydrogens (primary N) is 2. The molecule has 0 radical (unpaired) electrons. The molecule has 2 aromatic rings. The van der Waals surface area contributed by atoms with Crippen molar-refractivity contribution in [2.45, 2.75) is 4.90 Å². The monoisotopic (exact) mass is 263 g/mol. The van der Waals surface area contributed by atoms with Crippen molar-refractivity contribution in [3.05, 3.63) is 48.5 Å². The molecule has 2 aromatic carbocycles. The summed E-state index contributed by atoms with van der Waals surface area (Å²) >= 11 is 0. The van der Waals surface area contributed by atoms with Crippen LogP contribution < -0.4 is 16.2 Å². The van der Waals surface area contributed by atoms with Gasteiger partial charge in [0.2, 0.25) is 0 Å². The maximum Gasteiger partial charge on any atom is 0.262 e. The number of para-hydroxylation sites is 1. The number of nitrogen functional groups attached to an aromatic ring is 2. The molecule has 0 aliphatic heterocycles. The normalized spacial score (nSPS) is 11.1. The molecular formula is C12H13N3O2S. The first kappa shape index (κ1) is 12.3. The number of sulfonamides is 1. The number of nitrogens with one attached hydrogen (secondary N) is 1. The van der Waals surface area contributed by atoms with Gasteiger partial charge in [-0.15, -0.1) is 0 Å². The predicted molar refractivity (Wildman–Crippen MR) is 72.5 cm³/mol. The van der Waals surface area contributed by atoms with Crippen LogP contribution in [0.15, 0.2) is 53.4 Å². The summed E-state index contributed by atoms with van der Waals surface area (Å²) in [6, 6.07) is 12.8. The van der Waals surface area contributed by atoms with Crippen molar-refractivity contribution in [2.24, 2.45) is 0 Å². The minimum atomic E-state index is -3.67. The third-order valence-electron chi connectivity index (χ3n) is 2.42. The van der Waals surface area contributed by atoms with Crippen molar-refractivity contribution >= 4 is 27.1 Å². The zero-order valence-electron chi connectivity index (χ0n) is 9.50. The Morgan fingerprint density at radius 2 is 1.39 bits per heavy atom. The molecule has 0 amide bonds. The molecule has 5 nitrogen and oxygen atoms in total. The third-order valence-corrected chi connectivity index (χ3v) is 3.78. The number of anilines is 3. The summed E-state index contributed by atoms with van der Waals surface area (Å²) in [7, 11) is -3.67. The zero-order valence-corrected chi connectivity index (χ0v) is 10.3. The molecule has 6 heteroatoms. The van der Waals surface area contributed by atoms with Gasteiger partial charge >= 0.3 is 0 Å². The molecule has 18 heavy (non-hydrogen) atoms. The Morgan fingerprint density at radius 1 is 0.833 bits per heavy atom. The van der Waals surface area contributed by atoms with E-state index in [1.54, 1.807) is 36.4 Å². The predicted octanol–water partition coefficient (Wildman–Crippen LogP) is 1.65. The first-order valence-electron chi connectivity index (χ1n) is 5.22. The molecule has 0 heterocycles. The summed E-state index contributed by atoms with van der Waals surface area (Å²) in [5.74, 6) is 0. The van der Waals surface area contributed by atoms with Gasteiger partial charge in [0.25, 0.3) is 10.0 Å². The van der Waals surface area contributed by atoms with Crippen molar-refractivity contribution in [3.63, 3.8) is 0 Å². The van der Waals surface area contributed by atoms with E-state index in [2.05, 4.69) is 4.72 Å². The van der Waals surface area contributed by atoms with Crippen LogP contribution in [-0.4, -0.2) is 8.42 Å². The minimum absolute atomic E-state index is 0.160. The Hall–Kier alpha value is -2.21. The van der Waals surface area contributed by atoms with Gasteiger partial charge in [-0.25, -0.2) is 8.42 Å². The van der Waals surface area contributed by atoms with Crippen LogP contribution in [-0.2, 0) is 10.0 Å². The van der Waals surface area contributed by atoms with Crippen LogP contribution in [0.25, 0.3) is 0 Å². The van der Waals surface area contributed by atoms with Gasteiger partial charge in [0, 0.05) is 0 Å². The van der Waals surface area contributed by atoms with Gasteiger partial charge in [-0.05, 0) is 24.3 Å². The van der Waals surface area contributed by atoms with Gasteiger partial charge in [0.1, 0.15) is 0 Å². The molecule has 5 N–H and O–H groups in total. The lowest BCUT2D eigenvalue weighted by molar-refractivity contribution is 0.601. The Morgan fingerprint density at radius 3 is 1.94 bits per heavy atom. The molecule has 0 spiro atoms. The molecule has 0 bridgehead atoms. The second-order valence-electron chi connectivity index (χ2n) is 3.73. The highest BCUT2D eigenvalue weighted by molar-refractivity contribution is 7.92. The van der Waals surface area contributed by atoms with Crippen molar-refractivity contribution in [1.29, 1.82) is 0 Å². The van der Waals surface area contributed by atoms with E-state index in [1.807, 2.05) is 0 Å². The van der Waals surface area contributed by atoms with Crippen LogP contribution in [0.2, 0.25) is 0 Å². The summed E-state index contributed by atoms with van der Waals surface area (Å²) < 4.78 is 26.6. The summed E-state index contributed by atoms with van der Waals surface area (Å²) in [4.78, 5) is 0.160. The van der Waals surface area contributed by atoms with Crippen molar-refractivity contribution in [1.82, 2.24) is 0 Å². The van der Waals surface area contributed by atoms with E-state index in [0.29, 0.717) is 0 Å². The van der Waals surface area contributed by atoms with Crippen molar-refractivity contribution < 1.29 is 8.42 Å². The quantitative estimate of drug-likeness (QED) is 0.733. The maximum atomic E-state index is 12.1.